The molecule has 1 saturated heterocycles. The Kier molecular flexibility index (Phi) is 4.14. The summed E-state index contributed by atoms with van der Waals surface area (Å²) in [7, 11) is 1.77. The fourth-order valence-electron chi connectivity index (χ4n) is 1.98. The Morgan fingerprint density at radius 2 is 2.50 bits per heavy atom. The van der Waals surface area contributed by atoms with Crippen LogP contribution in [0.1, 0.15) is 25.1 Å². The van der Waals surface area contributed by atoms with Gasteiger partial charge in [0.25, 0.3) is 0 Å². The molecule has 0 aliphatic carbocycles. The standard InChI is InChI=1S/C9H18N6S/c1-15-13-9(12-14-15)6-7(11-10)8-4-2-3-5-16-8/h7-8,11H,2-6,10H2,1H3. The first-order chi connectivity index (χ1) is 7.79. The summed E-state index contributed by atoms with van der Waals surface area (Å²) in [5.74, 6) is 7.61. The lowest BCUT2D eigenvalue weighted by Crippen LogP contribution is -2.45. The number of hydrogen-bond donors (Lipinski definition) is 2. The number of tetrazole rings is 1. The summed E-state index contributed by atoms with van der Waals surface area (Å²) in [4.78, 5) is 1.48. The van der Waals surface area contributed by atoms with Crippen LogP contribution in [0.3, 0.4) is 0 Å². The maximum atomic E-state index is 5.61. The number of hydrogen-bond acceptors (Lipinski definition) is 6. The van der Waals surface area contributed by atoms with Crippen molar-refractivity contribution in [2.45, 2.75) is 37.0 Å². The van der Waals surface area contributed by atoms with Gasteiger partial charge in [-0.25, -0.2) is 0 Å². The van der Waals surface area contributed by atoms with Crippen molar-refractivity contribution < 1.29 is 0 Å². The molecule has 0 radical (unpaired) electrons. The number of rotatable bonds is 4. The van der Waals surface area contributed by atoms with Crippen molar-refractivity contribution in [1.29, 1.82) is 0 Å². The van der Waals surface area contributed by atoms with Crippen molar-refractivity contribution in [3.05, 3.63) is 5.82 Å². The third-order valence-corrected chi connectivity index (χ3v) is 4.35. The average Bonchev–Trinajstić information content (AvgIpc) is 2.73. The van der Waals surface area contributed by atoms with E-state index in [-0.39, 0.29) is 6.04 Å². The molecule has 0 amide bonds. The number of aromatic nitrogens is 4. The van der Waals surface area contributed by atoms with Crippen LogP contribution >= 0.6 is 11.8 Å². The average molecular weight is 242 g/mol. The molecule has 1 fully saturated rings. The van der Waals surface area contributed by atoms with Crippen LogP contribution in [0, 0.1) is 0 Å². The van der Waals surface area contributed by atoms with Crippen molar-refractivity contribution in [3.63, 3.8) is 0 Å². The molecular formula is C9H18N6S. The molecule has 6 nitrogen and oxygen atoms in total. The second kappa shape index (κ2) is 5.60. The molecule has 3 N–H and O–H groups in total. The largest absolute Gasteiger partial charge is 0.271 e. The Balaban J connectivity index is 1.94. The van der Waals surface area contributed by atoms with Gasteiger partial charge in [-0.1, -0.05) is 6.42 Å². The molecule has 7 heteroatoms. The van der Waals surface area contributed by atoms with Crippen molar-refractivity contribution in [2.24, 2.45) is 12.9 Å². The minimum atomic E-state index is 0.245. The summed E-state index contributed by atoms with van der Waals surface area (Å²) in [5.41, 5.74) is 2.89. The van der Waals surface area contributed by atoms with Crippen molar-refractivity contribution >= 4 is 11.8 Å². The highest BCUT2D eigenvalue weighted by atomic mass is 32.2. The number of nitrogens with one attached hydrogen (secondary N) is 1. The molecule has 90 valence electrons. The summed E-state index contributed by atoms with van der Waals surface area (Å²) < 4.78 is 0. The van der Waals surface area contributed by atoms with Crippen LogP contribution in [0.2, 0.25) is 0 Å². The minimum absolute atomic E-state index is 0.245. The highest BCUT2D eigenvalue weighted by molar-refractivity contribution is 8.00. The maximum Gasteiger partial charge on any atom is 0.176 e. The molecule has 0 aromatic carbocycles. The molecule has 1 aliphatic rings. The van der Waals surface area contributed by atoms with Crippen LogP contribution in [0.25, 0.3) is 0 Å². The topological polar surface area (TPSA) is 81.7 Å². The van der Waals surface area contributed by atoms with E-state index in [4.69, 9.17) is 5.84 Å². The van der Waals surface area contributed by atoms with Crippen LogP contribution in [-0.2, 0) is 13.5 Å². The Bertz CT molecular complexity index is 322. The predicted octanol–water partition coefficient (Wildman–Crippen LogP) is -0.130. The van der Waals surface area contributed by atoms with Gasteiger partial charge < -0.3 is 0 Å². The molecule has 1 aliphatic heterocycles. The smallest absolute Gasteiger partial charge is 0.176 e. The first-order valence-electron chi connectivity index (χ1n) is 5.60. The van der Waals surface area contributed by atoms with E-state index < -0.39 is 0 Å². The van der Waals surface area contributed by atoms with Crippen molar-refractivity contribution in [3.8, 4) is 0 Å². The monoisotopic (exact) mass is 242 g/mol. The van der Waals surface area contributed by atoms with Crippen LogP contribution in [-0.4, -0.2) is 37.3 Å². The van der Waals surface area contributed by atoms with E-state index in [0.717, 1.165) is 12.2 Å². The maximum absolute atomic E-state index is 5.61. The number of aryl methyl sites for hydroxylation is 1. The molecule has 0 spiro atoms. The zero-order valence-electron chi connectivity index (χ0n) is 9.46. The predicted molar refractivity (Wildman–Crippen MR) is 63.7 cm³/mol. The summed E-state index contributed by atoms with van der Waals surface area (Å²) in [6, 6.07) is 0.245. The van der Waals surface area contributed by atoms with Crippen LogP contribution in [0.5, 0.6) is 0 Å². The molecule has 16 heavy (non-hydrogen) atoms. The van der Waals surface area contributed by atoms with E-state index in [1.54, 1.807) is 7.05 Å². The Morgan fingerprint density at radius 1 is 1.62 bits per heavy atom. The van der Waals surface area contributed by atoms with Gasteiger partial charge in [0.15, 0.2) is 5.82 Å². The molecule has 0 bridgehead atoms. The van der Waals surface area contributed by atoms with Crippen LogP contribution < -0.4 is 11.3 Å². The second-order valence-corrected chi connectivity index (χ2v) is 5.42. The quantitative estimate of drug-likeness (QED) is 0.565. The van der Waals surface area contributed by atoms with Gasteiger partial charge in [-0.05, 0) is 23.8 Å². The first-order valence-corrected chi connectivity index (χ1v) is 6.65. The van der Waals surface area contributed by atoms with E-state index in [2.05, 4.69) is 20.8 Å². The van der Waals surface area contributed by atoms with Gasteiger partial charge >= 0.3 is 0 Å². The zero-order valence-corrected chi connectivity index (χ0v) is 10.3. The van der Waals surface area contributed by atoms with E-state index >= 15 is 0 Å². The fraction of sp³-hybridized carbons (Fsp3) is 0.889. The normalized spacial score (nSPS) is 23.2. The molecule has 0 saturated carbocycles. The molecule has 2 rings (SSSR count). The fourth-order valence-corrected chi connectivity index (χ4v) is 3.40. The molecular weight excluding hydrogens is 224 g/mol. The van der Waals surface area contributed by atoms with Gasteiger partial charge in [-0.15, -0.1) is 10.2 Å². The van der Waals surface area contributed by atoms with Crippen molar-refractivity contribution in [1.82, 2.24) is 25.6 Å². The van der Waals surface area contributed by atoms with E-state index in [9.17, 15) is 0 Å². The molecule has 2 atom stereocenters. The van der Waals surface area contributed by atoms with Crippen LogP contribution in [0.4, 0.5) is 0 Å². The summed E-state index contributed by atoms with van der Waals surface area (Å²) in [6.07, 6.45) is 4.59. The van der Waals surface area contributed by atoms with Gasteiger partial charge in [0.05, 0.1) is 7.05 Å². The molecule has 1 aromatic heterocycles. The first kappa shape index (κ1) is 11.8. The lowest BCUT2D eigenvalue weighted by Gasteiger charge is -2.28. The second-order valence-electron chi connectivity index (χ2n) is 4.08. The van der Waals surface area contributed by atoms with Gasteiger partial charge in [0, 0.05) is 17.7 Å². The van der Waals surface area contributed by atoms with E-state index in [1.807, 2.05) is 11.8 Å². The minimum Gasteiger partial charge on any atom is -0.271 e. The number of hydrazine groups is 1. The molecule has 2 unspecified atom stereocenters. The Labute approximate surface area is 99.3 Å². The third-order valence-electron chi connectivity index (χ3n) is 2.83. The number of thioether (sulfide) groups is 1. The lowest BCUT2D eigenvalue weighted by atomic mass is 10.0. The van der Waals surface area contributed by atoms with Crippen molar-refractivity contribution in [2.75, 3.05) is 5.75 Å². The van der Waals surface area contributed by atoms with Gasteiger partial charge in [0.2, 0.25) is 0 Å². The summed E-state index contributed by atoms with van der Waals surface area (Å²) in [5, 5.41) is 12.6. The number of nitrogens with zero attached hydrogens (tertiary/aromatic N) is 4. The summed E-state index contributed by atoms with van der Waals surface area (Å²) in [6.45, 7) is 0. The Morgan fingerprint density at radius 3 is 3.06 bits per heavy atom. The zero-order chi connectivity index (χ0) is 11.4. The highest BCUT2D eigenvalue weighted by Crippen LogP contribution is 2.28. The summed E-state index contributed by atoms with van der Waals surface area (Å²) >= 11 is 2.00. The van der Waals surface area contributed by atoms with Crippen LogP contribution in [0.15, 0.2) is 0 Å². The highest BCUT2D eigenvalue weighted by Gasteiger charge is 2.24. The number of nitrogens with two attached hydrogens (primary N) is 1. The van der Waals surface area contributed by atoms with Gasteiger partial charge in [0.1, 0.15) is 0 Å². The van der Waals surface area contributed by atoms with Gasteiger partial charge in [-0.2, -0.15) is 16.6 Å². The van der Waals surface area contributed by atoms with Gasteiger partial charge in [-0.3, -0.25) is 11.3 Å². The Hall–Kier alpha value is -0.660. The molecule has 2 heterocycles. The lowest BCUT2D eigenvalue weighted by molar-refractivity contribution is 0.463. The molecule has 1 aromatic rings. The van der Waals surface area contributed by atoms with E-state index in [1.165, 1.54) is 29.8 Å². The SMILES string of the molecule is Cn1nnc(CC(NN)C2CCCCS2)n1. The van der Waals surface area contributed by atoms with E-state index in [0.29, 0.717) is 5.25 Å². The third kappa shape index (κ3) is 2.93.